The van der Waals surface area contributed by atoms with Crippen LogP contribution in [-0.2, 0) is 14.4 Å². The number of rotatable bonds is 4. The Labute approximate surface area is 127 Å². The molecule has 2 rings (SSSR count). The van der Waals surface area contributed by atoms with Crippen LogP contribution in [0.4, 0.5) is 4.39 Å². The number of carbonyl (C=O) groups is 2. The molecule has 0 bridgehead atoms. The summed E-state index contributed by atoms with van der Waals surface area (Å²) >= 11 is 0. The zero-order valence-electron chi connectivity index (χ0n) is 12.5. The van der Waals surface area contributed by atoms with Crippen LogP contribution < -0.4 is 0 Å². The molecule has 0 fully saturated rings. The molecular weight excluding hydrogens is 291 g/mol. The molecule has 0 radical (unpaired) electrons. The summed E-state index contributed by atoms with van der Waals surface area (Å²) in [6, 6.07) is 5.14. The summed E-state index contributed by atoms with van der Waals surface area (Å²) in [5, 5.41) is 10.8. The van der Waals surface area contributed by atoms with Crippen molar-refractivity contribution >= 4 is 11.8 Å². The molecule has 1 heterocycles. The first-order valence-electron chi connectivity index (χ1n) is 6.67. The van der Waals surface area contributed by atoms with Gasteiger partial charge in [-0.3, -0.25) is 14.4 Å². The van der Waals surface area contributed by atoms with E-state index in [1.807, 2.05) is 0 Å². The highest BCUT2D eigenvalue weighted by Crippen LogP contribution is 2.25. The first-order valence-corrected chi connectivity index (χ1v) is 6.67. The van der Waals surface area contributed by atoms with E-state index in [1.54, 1.807) is 19.1 Å². The Morgan fingerprint density at radius 1 is 1.41 bits per heavy atom. The standard InChI is InChI=1S/C15H17FN2O4/c1-9(10-4-6-11(16)7-5-10)18(22-3)14(20)12-8-17(2)15(21)13(12)19/h4-7,9,19H,8H2,1-3H3. The molecule has 22 heavy (non-hydrogen) atoms. The van der Waals surface area contributed by atoms with E-state index in [-0.39, 0.29) is 17.9 Å². The lowest BCUT2D eigenvalue weighted by molar-refractivity contribution is -0.183. The van der Waals surface area contributed by atoms with Crippen LogP contribution in [0.5, 0.6) is 0 Å². The Kier molecular flexibility index (Phi) is 4.46. The first kappa shape index (κ1) is 16.0. The van der Waals surface area contributed by atoms with Gasteiger partial charge in [-0.05, 0) is 24.6 Å². The molecule has 1 aliphatic heterocycles. The summed E-state index contributed by atoms with van der Waals surface area (Å²) in [4.78, 5) is 30.4. The lowest BCUT2D eigenvalue weighted by atomic mass is 10.1. The predicted octanol–water partition coefficient (Wildman–Crippen LogP) is 1.56. The van der Waals surface area contributed by atoms with Gasteiger partial charge in [0, 0.05) is 7.05 Å². The molecule has 7 heteroatoms. The van der Waals surface area contributed by atoms with Crippen molar-refractivity contribution < 1.29 is 23.9 Å². The summed E-state index contributed by atoms with van der Waals surface area (Å²) in [6.45, 7) is 1.71. The number of hydroxylamine groups is 2. The van der Waals surface area contributed by atoms with Crippen molar-refractivity contribution in [3.05, 3.63) is 47.0 Å². The lowest BCUT2D eigenvalue weighted by Gasteiger charge is -2.27. The van der Waals surface area contributed by atoms with Crippen molar-refractivity contribution in [3.63, 3.8) is 0 Å². The van der Waals surface area contributed by atoms with E-state index in [9.17, 15) is 19.1 Å². The van der Waals surface area contributed by atoms with E-state index >= 15 is 0 Å². The number of nitrogens with zero attached hydrogens (tertiary/aromatic N) is 2. The van der Waals surface area contributed by atoms with Gasteiger partial charge in [-0.1, -0.05) is 12.1 Å². The largest absolute Gasteiger partial charge is 0.503 e. The van der Waals surface area contributed by atoms with E-state index in [0.717, 1.165) is 5.06 Å². The Balaban J connectivity index is 2.26. The number of hydrogen-bond donors (Lipinski definition) is 1. The summed E-state index contributed by atoms with van der Waals surface area (Å²) in [6.07, 6.45) is 0. The molecule has 1 atom stereocenters. The average Bonchev–Trinajstić information content (AvgIpc) is 2.76. The second-order valence-corrected chi connectivity index (χ2v) is 5.03. The third-order valence-electron chi connectivity index (χ3n) is 3.59. The van der Waals surface area contributed by atoms with Crippen molar-refractivity contribution in [3.8, 4) is 0 Å². The molecule has 1 N–H and O–H groups in total. The smallest absolute Gasteiger partial charge is 0.289 e. The fourth-order valence-electron chi connectivity index (χ4n) is 2.29. The minimum absolute atomic E-state index is 0.0134. The van der Waals surface area contributed by atoms with Crippen LogP contribution in [0.25, 0.3) is 0 Å². The first-order chi connectivity index (χ1) is 10.4. The Morgan fingerprint density at radius 3 is 2.45 bits per heavy atom. The van der Waals surface area contributed by atoms with E-state index in [2.05, 4.69) is 0 Å². The molecule has 1 aromatic rings. The predicted molar refractivity (Wildman–Crippen MR) is 76.0 cm³/mol. The summed E-state index contributed by atoms with van der Waals surface area (Å²) in [7, 11) is 2.80. The highest BCUT2D eigenvalue weighted by Gasteiger charge is 2.35. The van der Waals surface area contributed by atoms with Gasteiger partial charge < -0.3 is 10.0 Å². The Morgan fingerprint density at radius 2 is 2.00 bits per heavy atom. The molecule has 0 saturated carbocycles. The van der Waals surface area contributed by atoms with Crippen molar-refractivity contribution in [2.24, 2.45) is 0 Å². The highest BCUT2D eigenvalue weighted by molar-refractivity contribution is 6.06. The van der Waals surface area contributed by atoms with Crippen molar-refractivity contribution in [1.29, 1.82) is 0 Å². The maximum atomic E-state index is 13.0. The number of aliphatic hydroxyl groups is 1. The van der Waals surface area contributed by atoms with Gasteiger partial charge in [-0.15, -0.1) is 0 Å². The molecule has 118 valence electrons. The average molecular weight is 308 g/mol. The van der Waals surface area contributed by atoms with Crippen molar-refractivity contribution in [2.45, 2.75) is 13.0 Å². The van der Waals surface area contributed by atoms with Gasteiger partial charge in [0.2, 0.25) is 0 Å². The van der Waals surface area contributed by atoms with Crippen LogP contribution in [0, 0.1) is 5.82 Å². The van der Waals surface area contributed by atoms with Crippen LogP contribution in [0.2, 0.25) is 0 Å². The van der Waals surface area contributed by atoms with Gasteiger partial charge in [0.15, 0.2) is 5.76 Å². The second kappa shape index (κ2) is 6.15. The zero-order chi connectivity index (χ0) is 16.4. The topological polar surface area (TPSA) is 70.1 Å². The number of benzene rings is 1. The molecule has 0 spiro atoms. The molecule has 0 aliphatic carbocycles. The van der Waals surface area contributed by atoms with Gasteiger partial charge in [0.25, 0.3) is 11.8 Å². The minimum atomic E-state index is -0.603. The van der Waals surface area contributed by atoms with E-state index in [1.165, 1.54) is 31.2 Å². The molecule has 1 unspecified atom stereocenters. The van der Waals surface area contributed by atoms with Gasteiger partial charge in [-0.2, -0.15) is 0 Å². The fraction of sp³-hybridized carbons (Fsp3) is 0.333. The molecular formula is C15H17FN2O4. The van der Waals surface area contributed by atoms with Crippen LogP contribution in [0.15, 0.2) is 35.6 Å². The highest BCUT2D eigenvalue weighted by atomic mass is 19.1. The Bertz CT molecular complexity index is 627. The van der Waals surface area contributed by atoms with Gasteiger partial charge >= 0.3 is 0 Å². The summed E-state index contributed by atoms with van der Waals surface area (Å²) in [5.74, 6) is -2.15. The maximum absolute atomic E-state index is 13.0. The third kappa shape index (κ3) is 2.80. The maximum Gasteiger partial charge on any atom is 0.289 e. The van der Waals surface area contributed by atoms with Crippen LogP contribution >= 0.6 is 0 Å². The molecule has 2 amide bonds. The van der Waals surface area contributed by atoms with E-state index in [0.29, 0.717) is 5.56 Å². The molecule has 1 aromatic carbocycles. The third-order valence-corrected chi connectivity index (χ3v) is 3.59. The molecule has 0 saturated heterocycles. The van der Waals surface area contributed by atoms with Crippen molar-refractivity contribution in [1.82, 2.24) is 9.96 Å². The monoisotopic (exact) mass is 308 g/mol. The number of halogens is 1. The summed E-state index contributed by atoms with van der Waals surface area (Å²) < 4.78 is 13.0. The fourth-order valence-corrected chi connectivity index (χ4v) is 2.29. The van der Waals surface area contributed by atoms with Gasteiger partial charge in [-0.25, -0.2) is 9.45 Å². The number of aliphatic hydroxyl groups excluding tert-OH is 1. The van der Waals surface area contributed by atoms with Gasteiger partial charge in [0.1, 0.15) is 5.82 Å². The molecule has 0 aromatic heterocycles. The molecule has 1 aliphatic rings. The second-order valence-electron chi connectivity index (χ2n) is 5.03. The molecule has 6 nitrogen and oxygen atoms in total. The van der Waals surface area contributed by atoms with Crippen LogP contribution in [-0.4, -0.2) is 47.6 Å². The number of likely N-dealkylation sites (N-methyl/N-ethyl adjacent to an activating group) is 1. The van der Waals surface area contributed by atoms with Crippen molar-refractivity contribution in [2.75, 3.05) is 20.7 Å². The summed E-state index contributed by atoms with van der Waals surface area (Å²) in [5.41, 5.74) is 0.637. The number of amides is 2. The van der Waals surface area contributed by atoms with E-state index in [4.69, 9.17) is 4.84 Å². The SMILES string of the molecule is CON(C(=O)C1=C(O)C(=O)N(C)C1)C(C)c1ccc(F)cc1. The minimum Gasteiger partial charge on any atom is -0.503 e. The van der Waals surface area contributed by atoms with Crippen LogP contribution in [0.3, 0.4) is 0 Å². The lowest BCUT2D eigenvalue weighted by Crippen LogP contribution is -2.35. The quantitative estimate of drug-likeness (QED) is 0.857. The zero-order valence-corrected chi connectivity index (χ0v) is 12.5. The van der Waals surface area contributed by atoms with Gasteiger partial charge in [0.05, 0.1) is 25.3 Å². The van der Waals surface area contributed by atoms with E-state index < -0.39 is 23.6 Å². The number of carbonyl (C=O) groups excluding carboxylic acids is 2. The normalized spacial score (nSPS) is 16.2. The number of hydrogen-bond acceptors (Lipinski definition) is 4. The Hall–Kier alpha value is -2.41. The van der Waals surface area contributed by atoms with Crippen LogP contribution in [0.1, 0.15) is 18.5 Å².